The molecule has 0 heterocycles. The predicted molar refractivity (Wildman–Crippen MR) is 56.2 cm³/mol. The quantitative estimate of drug-likeness (QED) is 0.566. The van der Waals surface area contributed by atoms with Crippen LogP contribution in [0.2, 0.25) is 5.02 Å². The molecule has 0 radical (unpaired) electrons. The standard InChI is InChI=1S/C10H13ClN2/c1-7(10(12)13)6-8-2-4-9(11)5-3-8/h2-5,7H,6H2,1H3,(H3,12,13). The van der Waals surface area contributed by atoms with E-state index in [0.717, 1.165) is 17.0 Å². The van der Waals surface area contributed by atoms with Gasteiger partial charge in [0.15, 0.2) is 0 Å². The van der Waals surface area contributed by atoms with Gasteiger partial charge in [-0.15, -0.1) is 0 Å². The Bertz CT molecular complexity index is 292. The predicted octanol–water partition coefficient (Wildman–Crippen LogP) is 2.45. The second kappa shape index (κ2) is 4.28. The molecule has 0 bridgehead atoms. The zero-order valence-corrected chi connectivity index (χ0v) is 8.31. The summed E-state index contributed by atoms with van der Waals surface area (Å²) in [5, 5.41) is 7.98. The van der Waals surface area contributed by atoms with Crippen LogP contribution < -0.4 is 5.73 Å². The number of nitrogens with one attached hydrogen (secondary N) is 1. The number of benzene rings is 1. The number of hydrogen-bond donors (Lipinski definition) is 2. The fourth-order valence-electron chi connectivity index (χ4n) is 1.08. The molecule has 0 fully saturated rings. The number of rotatable bonds is 3. The van der Waals surface area contributed by atoms with Gasteiger partial charge in [-0.05, 0) is 24.1 Å². The molecular weight excluding hydrogens is 184 g/mol. The summed E-state index contributed by atoms with van der Waals surface area (Å²) >= 11 is 5.74. The van der Waals surface area contributed by atoms with Crippen LogP contribution in [0.1, 0.15) is 12.5 Å². The molecule has 0 aromatic heterocycles. The second-order valence-electron chi connectivity index (χ2n) is 3.19. The van der Waals surface area contributed by atoms with E-state index < -0.39 is 0 Å². The molecule has 0 spiro atoms. The minimum atomic E-state index is 0.0983. The van der Waals surface area contributed by atoms with Gasteiger partial charge in [0, 0.05) is 10.9 Å². The van der Waals surface area contributed by atoms with Crippen molar-refractivity contribution in [2.24, 2.45) is 11.7 Å². The molecular formula is C10H13ClN2. The lowest BCUT2D eigenvalue weighted by Gasteiger charge is -2.08. The molecule has 2 nitrogen and oxygen atoms in total. The van der Waals surface area contributed by atoms with E-state index in [1.807, 2.05) is 31.2 Å². The van der Waals surface area contributed by atoms with Crippen molar-refractivity contribution in [3.05, 3.63) is 34.9 Å². The third kappa shape index (κ3) is 3.07. The van der Waals surface area contributed by atoms with Gasteiger partial charge >= 0.3 is 0 Å². The molecule has 0 saturated carbocycles. The molecule has 1 atom stereocenters. The number of amidine groups is 1. The molecule has 1 aromatic rings. The van der Waals surface area contributed by atoms with E-state index in [1.165, 1.54) is 0 Å². The van der Waals surface area contributed by atoms with Crippen LogP contribution in [0.25, 0.3) is 0 Å². The topological polar surface area (TPSA) is 49.9 Å². The maximum Gasteiger partial charge on any atom is 0.0937 e. The van der Waals surface area contributed by atoms with Gasteiger partial charge < -0.3 is 5.73 Å². The first-order chi connectivity index (χ1) is 6.09. The van der Waals surface area contributed by atoms with Crippen molar-refractivity contribution in [3.8, 4) is 0 Å². The van der Waals surface area contributed by atoms with E-state index in [-0.39, 0.29) is 11.8 Å². The van der Waals surface area contributed by atoms with Crippen LogP contribution >= 0.6 is 11.6 Å². The summed E-state index contributed by atoms with van der Waals surface area (Å²) < 4.78 is 0. The monoisotopic (exact) mass is 196 g/mol. The summed E-state index contributed by atoms with van der Waals surface area (Å²) in [6, 6.07) is 7.62. The van der Waals surface area contributed by atoms with Crippen molar-refractivity contribution >= 4 is 17.4 Å². The van der Waals surface area contributed by atoms with Crippen molar-refractivity contribution in [2.45, 2.75) is 13.3 Å². The van der Waals surface area contributed by atoms with Gasteiger partial charge in [0.25, 0.3) is 0 Å². The van der Waals surface area contributed by atoms with E-state index in [4.69, 9.17) is 22.7 Å². The summed E-state index contributed by atoms with van der Waals surface area (Å²) in [4.78, 5) is 0. The van der Waals surface area contributed by atoms with Gasteiger partial charge in [-0.2, -0.15) is 0 Å². The van der Waals surface area contributed by atoms with E-state index in [1.54, 1.807) is 0 Å². The molecule has 0 aliphatic heterocycles. The highest BCUT2D eigenvalue weighted by atomic mass is 35.5. The molecule has 0 aliphatic carbocycles. The summed E-state index contributed by atoms with van der Waals surface area (Å²) in [7, 11) is 0. The van der Waals surface area contributed by atoms with Gasteiger partial charge in [0.1, 0.15) is 0 Å². The van der Waals surface area contributed by atoms with Crippen molar-refractivity contribution in [2.75, 3.05) is 0 Å². The maximum absolute atomic E-state index is 7.24. The lowest BCUT2D eigenvalue weighted by Crippen LogP contribution is -2.21. The Kier molecular flexibility index (Phi) is 3.32. The maximum atomic E-state index is 7.24. The second-order valence-corrected chi connectivity index (χ2v) is 3.62. The van der Waals surface area contributed by atoms with Crippen LogP contribution in [-0.4, -0.2) is 5.84 Å². The number of halogens is 1. The average molecular weight is 197 g/mol. The van der Waals surface area contributed by atoms with Crippen molar-refractivity contribution < 1.29 is 0 Å². The third-order valence-corrected chi connectivity index (χ3v) is 2.24. The minimum Gasteiger partial charge on any atom is -0.387 e. The van der Waals surface area contributed by atoms with Gasteiger partial charge in [0.05, 0.1) is 5.84 Å². The normalized spacial score (nSPS) is 12.5. The molecule has 1 rings (SSSR count). The van der Waals surface area contributed by atoms with Gasteiger partial charge in [-0.3, -0.25) is 5.41 Å². The van der Waals surface area contributed by atoms with Crippen molar-refractivity contribution in [1.29, 1.82) is 5.41 Å². The summed E-state index contributed by atoms with van der Waals surface area (Å²) in [6.45, 7) is 1.94. The smallest absolute Gasteiger partial charge is 0.0937 e. The Morgan fingerprint density at radius 1 is 1.46 bits per heavy atom. The average Bonchev–Trinajstić information content (AvgIpc) is 2.08. The van der Waals surface area contributed by atoms with Crippen LogP contribution in [0, 0.1) is 11.3 Å². The zero-order chi connectivity index (χ0) is 9.84. The van der Waals surface area contributed by atoms with E-state index in [2.05, 4.69) is 0 Å². The largest absolute Gasteiger partial charge is 0.387 e. The summed E-state index contributed by atoms with van der Waals surface area (Å²) in [5.41, 5.74) is 6.53. The molecule has 1 aromatic carbocycles. The lowest BCUT2D eigenvalue weighted by atomic mass is 10.0. The fraction of sp³-hybridized carbons (Fsp3) is 0.300. The van der Waals surface area contributed by atoms with E-state index >= 15 is 0 Å². The van der Waals surface area contributed by atoms with Crippen LogP contribution in [0.4, 0.5) is 0 Å². The molecule has 0 amide bonds. The Balaban J connectivity index is 2.64. The van der Waals surface area contributed by atoms with Crippen LogP contribution in [-0.2, 0) is 6.42 Å². The van der Waals surface area contributed by atoms with Gasteiger partial charge in [-0.1, -0.05) is 30.7 Å². The Morgan fingerprint density at radius 2 is 2.00 bits per heavy atom. The van der Waals surface area contributed by atoms with Crippen LogP contribution in [0.3, 0.4) is 0 Å². The highest BCUT2D eigenvalue weighted by Crippen LogP contribution is 2.12. The van der Waals surface area contributed by atoms with Crippen molar-refractivity contribution in [3.63, 3.8) is 0 Å². The summed E-state index contributed by atoms with van der Waals surface area (Å²) in [6.07, 6.45) is 0.798. The Labute approximate surface area is 83.2 Å². The molecule has 1 unspecified atom stereocenters. The minimum absolute atomic E-state index is 0.0983. The number of nitrogens with two attached hydrogens (primary N) is 1. The lowest BCUT2D eigenvalue weighted by molar-refractivity contribution is 0.754. The highest BCUT2D eigenvalue weighted by molar-refractivity contribution is 6.30. The van der Waals surface area contributed by atoms with E-state index in [0.29, 0.717) is 0 Å². The Hall–Kier alpha value is -1.02. The third-order valence-electron chi connectivity index (χ3n) is 1.99. The zero-order valence-electron chi connectivity index (χ0n) is 7.55. The summed E-state index contributed by atoms with van der Waals surface area (Å²) in [5.74, 6) is 0.330. The fourth-order valence-corrected chi connectivity index (χ4v) is 1.21. The van der Waals surface area contributed by atoms with Crippen LogP contribution in [0.15, 0.2) is 24.3 Å². The van der Waals surface area contributed by atoms with Gasteiger partial charge in [0.2, 0.25) is 0 Å². The first kappa shape index (κ1) is 10.1. The molecule has 3 N–H and O–H groups in total. The first-order valence-electron chi connectivity index (χ1n) is 4.18. The van der Waals surface area contributed by atoms with Crippen LogP contribution in [0.5, 0.6) is 0 Å². The highest BCUT2D eigenvalue weighted by Gasteiger charge is 2.05. The first-order valence-corrected chi connectivity index (χ1v) is 4.55. The van der Waals surface area contributed by atoms with E-state index in [9.17, 15) is 0 Å². The molecule has 0 saturated heterocycles. The molecule has 0 aliphatic rings. The van der Waals surface area contributed by atoms with Gasteiger partial charge in [-0.25, -0.2) is 0 Å². The Morgan fingerprint density at radius 3 is 2.46 bits per heavy atom. The SMILES string of the molecule is CC(Cc1ccc(Cl)cc1)C(=N)N. The number of hydrogen-bond acceptors (Lipinski definition) is 1. The van der Waals surface area contributed by atoms with Crippen molar-refractivity contribution in [1.82, 2.24) is 0 Å². The molecule has 13 heavy (non-hydrogen) atoms. The molecule has 3 heteroatoms. The molecule has 70 valence electrons.